The molecule has 0 radical (unpaired) electrons. The summed E-state index contributed by atoms with van der Waals surface area (Å²) in [4.78, 5) is 15.5. The van der Waals surface area contributed by atoms with Crippen molar-refractivity contribution in [2.24, 2.45) is 7.05 Å². The Morgan fingerprint density at radius 1 is 0.914 bits per heavy atom. The molecule has 0 atom stereocenters. The second-order valence-electron chi connectivity index (χ2n) is 8.68. The minimum Gasteiger partial charge on any atom is -0.494 e. The van der Waals surface area contributed by atoms with E-state index >= 15 is 0 Å². The van der Waals surface area contributed by atoms with Crippen LogP contribution >= 0.6 is 11.8 Å². The van der Waals surface area contributed by atoms with Gasteiger partial charge in [-0.3, -0.25) is 0 Å². The summed E-state index contributed by atoms with van der Waals surface area (Å²) in [5.74, 6) is 2.03. The molecule has 9 heteroatoms. The number of hydrogen-bond acceptors (Lipinski definition) is 8. The van der Waals surface area contributed by atoms with Crippen molar-refractivity contribution in [1.29, 1.82) is 0 Å². The second-order valence-corrected chi connectivity index (χ2v) is 9.53. The second kappa shape index (κ2) is 10.1. The fourth-order valence-corrected chi connectivity index (χ4v) is 4.93. The quantitative estimate of drug-likeness (QED) is 0.354. The maximum Gasteiger partial charge on any atom is 0.229 e. The Hall–Kier alpha value is -3.43. The van der Waals surface area contributed by atoms with Gasteiger partial charge in [0, 0.05) is 56.1 Å². The predicted molar refractivity (Wildman–Crippen MR) is 146 cm³/mol. The van der Waals surface area contributed by atoms with Crippen LogP contribution in [0, 0.1) is 0 Å². The zero-order chi connectivity index (χ0) is 24.4. The van der Waals surface area contributed by atoms with E-state index in [2.05, 4.69) is 58.0 Å². The number of methoxy groups -OCH3 is 1. The first-order chi connectivity index (χ1) is 17.1. The molecule has 1 aliphatic heterocycles. The number of benzene rings is 2. The summed E-state index contributed by atoms with van der Waals surface area (Å²) in [6, 6.07) is 16.5. The lowest BCUT2D eigenvalue weighted by molar-refractivity contribution is 0.312. The summed E-state index contributed by atoms with van der Waals surface area (Å²) in [5, 5.41) is 6.92. The molecule has 0 aliphatic carbocycles. The van der Waals surface area contributed by atoms with Crippen LogP contribution in [0.5, 0.6) is 5.75 Å². The molecule has 4 aromatic rings. The molecular formula is C26H31N7OS. The first-order valence-corrected chi connectivity index (χ1v) is 12.9. The summed E-state index contributed by atoms with van der Waals surface area (Å²) in [5.41, 5.74) is 4.82. The molecule has 0 saturated carbocycles. The van der Waals surface area contributed by atoms with Crippen LogP contribution in [0.25, 0.3) is 11.0 Å². The van der Waals surface area contributed by atoms with Crippen LogP contribution in [-0.2, 0) is 7.05 Å². The number of hydrogen-bond donors (Lipinski definition) is 2. The molecule has 35 heavy (non-hydrogen) atoms. The molecular weight excluding hydrogens is 458 g/mol. The average Bonchev–Trinajstić information content (AvgIpc) is 3.25. The molecule has 1 saturated heterocycles. The lowest BCUT2D eigenvalue weighted by atomic mass is 10.2. The fraction of sp³-hybridized carbons (Fsp3) is 0.308. The molecule has 0 bridgehead atoms. The van der Waals surface area contributed by atoms with E-state index in [1.807, 2.05) is 42.1 Å². The normalized spacial score (nSPS) is 14.3. The molecule has 3 heterocycles. The van der Waals surface area contributed by atoms with Gasteiger partial charge < -0.3 is 29.7 Å². The number of fused-ring (bicyclic) bond motifs is 1. The lowest BCUT2D eigenvalue weighted by Crippen LogP contribution is -2.44. The number of likely N-dealkylation sites (N-methyl/N-ethyl adjacent to an activating group) is 1. The van der Waals surface area contributed by atoms with Gasteiger partial charge in [-0.1, -0.05) is 12.1 Å². The summed E-state index contributed by atoms with van der Waals surface area (Å²) in [6.07, 6.45) is 4.07. The Morgan fingerprint density at radius 3 is 2.49 bits per heavy atom. The highest BCUT2D eigenvalue weighted by atomic mass is 32.2. The molecule has 2 aromatic heterocycles. The maximum atomic E-state index is 5.74. The summed E-state index contributed by atoms with van der Waals surface area (Å²) >= 11 is 1.70. The van der Waals surface area contributed by atoms with Crippen molar-refractivity contribution in [1.82, 2.24) is 19.4 Å². The van der Waals surface area contributed by atoms with E-state index in [-0.39, 0.29) is 0 Å². The summed E-state index contributed by atoms with van der Waals surface area (Å²) in [6.45, 7) is 4.13. The number of thioether (sulfide) groups is 1. The lowest BCUT2D eigenvalue weighted by Gasteiger charge is -2.34. The van der Waals surface area contributed by atoms with Gasteiger partial charge in [-0.2, -0.15) is 4.98 Å². The van der Waals surface area contributed by atoms with Gasteiger partial charge in [0.2, 0.25) is 5.95 Å². The van der Waals surface area contributed by atoms with Crippen molar-refractivity contribution < 1.29 is 4.74 Å². The van der Waals surface area contributed by atoms with Crippen molar-refractivity contribution in [3.63, 3.8) is 0 Å². The van der Waals surface area contributed by atoms with Crippen molar-refractivity contribution >= 4 is 51.6 Å². The predicted octanol–water partition coefficient (Wildman–Crippen LogP) is 4.94. The number of ether oxygens (including phenoxy) is 1. The largest absolute Gasteiger partial charge is 0.494 e. The number of aryl methyl sites for hydroxylation is 1. The number of nitrogens with zero attached hydrogens (tertiary/aromatic N) is 5. The van der Waals surface area contributed by atoms with Gasteiger partial charge in [0.25, 0.3) is 0 Å². The van der Waals surface area contributed by atoms with Gasteiger partial charge in [0.05, 0.1) is 24.0 Å². The first-order valence-electron chi connectivity index (χ1n) is 11.7. The fourth-order valence-electron chi connectivity index (χ4n) is 4.38. The number of anilines is 5. The highest BCUT2D eigenvalue weighted by Gasteiger charge is 2.17. The van der Waals surface area contributed by atoms with E-state index < -0.39 is 0 Å². The van der Waals surface area contributed by atoms with E-state index in [0.717, 1.165) is 70.7 Å². The van der Waals surface area contributed by atoms with Crippen molar-refractivity contribution in [2.75, 3.05) is 62.1 Å². The van der Waals surface area contributed by atoms with Crippen molar-refractivity contribution in [3.05, 3.63) is 54.7 Å². The molecule has 0 spiro atoms. The van der Waals surface area contributed by atoms with Gasteiger partial charge in [-0.15, -0.1) is 11.8 Å². The van der Waals surface area contributed by atoms with Gasteiger partial charge in [-0.25, -0.2) is 4.98 Å². The SMILES string of the molecule is COc1cc(N2CCN(C)CC2)ccc1Nc1nc(Nc2ccccc2SC)c2c(ccn2C)n1. The van der Waals surface area contributed by atoms with Crippen LogP contribution in [-0.4, -0.2) is 66.0 Å². The Kier molecular flexibility index (Phi) is 6.70. The van der Waals surface area contributed by atoms with Crippen LogP contribution < -0.4 is 20.3 Å². The molecule has 182 valence electrons. The number of piperazine rings is 1. The van der Waals surface area contributed by atoms with Crippen LogP contribution in [0.4, 0.5) is 28.8 Å². The van der Waals surface area contributed by atoms with E-state index in [9.17, 15) is 0 Å². The Balaban J connectivity index is 1.46. The van der Waals surface area contributed by atoms with E-state index in [0.29, 0.717) is 5.95 Å². The maximum absolute atomic E-state index is 5.74. The standard InChI is InChI=1S/C26H31N7OS/c1-31-13-15-33(16-14-31)18-9-10-19(22(17-18)34-3)28-26-29-21-11-12-32(2)24(21)25(30-26)27-20-7-5-6-8-23(20)35-4/h5-12,17H,13-16H2,1-4H3,(H2,27,28,29,30). The monoisotopic (exact) mass is 489 g/mol. The highest BCUT2D eigenvalue weighted by Crippen LogP contribution is 2.34. The first kappa shape index (κ1) is 23.3. The molecule has 2 N–H and O–H groups in total. The molecule has 2 aromatic carbocycles. The molecule has 0 amide bonds. The number of aromatic nitrogens is 3. The molecule has 5 rings (SSSR count). The zero-order valence-electron chi connectivity index (χ0n) is 20.6. The Bertz CT molecular complexity index is 1330. The summed E-state index contributed by atoms with van der Waals surface area (Å²) < 4.78 is 7.78. The van der Waals surface area contributed by atoms with E-state index in [1.54, 1.807) is 18.9 Å². The van der Waals surface area contributed by atoms with Crippen molar-refractivity contribution in [3.8, 4) is 5.75 Å². The van der Waals surface area contributed by atoms with E-state index in [1.165, 1.54) is 0 Å². The van der Waals surface area contributed by atoms with Gasteiger partial charge in [-0.05, 0) is 43.6 Å². The molecule has 8 nitrogen and oxygen atoms in total. The van der Waals surface area contributed by atoms with Crippen LogP contribution in [0.15, 0.2) is 59.6 Å². The minimum atomic E-state index is 0.512. The third kappa shape index (κ3) is 4.87. The van der Waals surface area contributed by atoms with Crippen LogP contribution in [0.2, 0.25) is 0 Å². The smallest absolute Gasteiger partial charge is 0.229 e. The number of para-hydroxylation sites is 1. The van der Waals surface area contributed by atoms with Gasteiger partial charge >= 0.3 is 0 Å². The van der Waals surface area contributed by atoms with Gasteiger partial charge in [0.1, 0.15) is 11.3 Å². The summed E-state index contributed by atoms with van der Waals surface area (Å²) in [7, 11) is 5.86. The molecule has 1 aliphatic rings. The Labute approximate surface area is 210 Å². The average molecular weight is 490 g/mol. The molecule has 0 unspecified atom stereocenters. The third-order valence-electron chi connectivity index (χ3n) is 6.38. The van der Waals surface area contributed by atoms with Gasteiger partial charge in [0.15, 0.2) is 5.82 Å². The minimum absolute atomic E-state index is 0.512. The topological polar surface area (TPSA) is 70.5 Å². The highest BCUT2D eigenvalue weighted by molar-refractivity contribution is 7.98. The molecule has 1 fully saturated rings. The number of nitrogens with one attached hydrogen (secondary N) is 2. The third-order valence-corrected chi connectivity index (χ3v) is 7.18. The Morgan fingerprint density at radius 2 is 1.71 bits per heavy atom. The number of rotatable bonds is 7. The zero-order valence-corrected chi connectivity index (χ0v) is 21.4. The van der Waals surface area contributed by atoms with Crippen LogP contribution in [0.1, 0.15) is 0 Å². The van der Waals surface area contributed by atoms with Crippen molar-refractivity contribution in [2.45, 2.75) is 4.90 Å². The van der Waals surface area contributed by atoms with Crippen LogP contribution in [0.3, 0.4) is 0 Å². The van der Waals surface area contributed by atoms with E-state index in [4.69, 9.17) is 14.7 Å².